The van der Waals surface area contributed by atoms with E-state index in [1.165, 1.54) is 11.8 Å². The van der Waals surface area contributed by atoms with Gasteiger partial charge in [0.05, 0.1) is 0 Å². The van der Waals surface area contributed by atoms with E-state index >= 15 is 0 Å². The van der Waals surface area contributed by atoms with E-state index in [0.29, 0.717) is 24.6 Å². The first-order valence-corrected chi connectivity index (χ1v) is 8.54. The van der Waals surface area contributed by atoms with Crippen LogP contribution in [-0.2, 0) is 14.4 Å². The number of carboxylic acid groups (broad SMARTS) is 1. The molecule has 0 saturated carbocycles. The van der Waals surface area contributed by atoms with Crippen molar-refractivity contribution in [2.24, 2.45) is 5.92 Å². The number of thioether (sulfide) groups is 1. The summed E-state index contributed by atoms with van der Waals surface area (Å²) in [4.78, 5) is 34.1. The monoisotopic (exact) mass is 318 g/mol. The summed E-state index contributed by atoms with van der Waals surface area (Å²) in [5.41, 5.74) is 0. The molecule has 0 rings (SSSR count). The number of hydrogen-bond donors (Lipinski definition) is 3. The molecule has 0 spiro atoms. The number of rotatable bonds is 11. The van der Waals surface area contributed by atoms with E-state index in [0.717, 1.165) is 6.42 Å². The van der Waals surface area contributed by atoms with Gasteiger partial charge in [0.15, 0.2) is 0 Å². The Morgan fingerprint density at radius 3 is 2.24 bits per heavy atom. The number of aliphatic carboxylic acids is 1. The van der Waals surface area contributed by atoms with Crippen LogP contribution in [0.2, 0.25) is 0 Å². The summed E-state index contributed by atoms with van der Waals surface area (Å²) in [5.74, 6) is -0.447. The molecule has 21 heavy (non-hydrogen) atoms. The van der Waals surface area contributed by atoms with E-state index < -0.39 is 17.9 Å². The predicted octanol–water partition coefficient (Wildman–Crippen LogP) is 1.25. The SMILES string of the molecule is CSCCC(NC(=O)CCC(=O)NCCC(C)C)C(=O)O. The molecule has 0 aromatic rings. The molecular formula is C14H26N2O4S. The van der Waals surface area contributed by atoms with Crippen LogP contribution in [0.5, 0.6) is 0 Å². The zero-order valence-corrected chi connectivity index (χ0v) is 13.8. The lowest BCUT2D eigenvalue weighted by Gasteiger charge is -2.14. The Bertz CT molecular complexity index is 348. The van der Waals surface area contributed by atoms with Gasteiger partial charge in [-0.3, -0.25) is 9.59 Å². The fraction of sp³-hybridized carbons (Fsp3) is 0.786. The highest BCUT2D eigenvalue weighted by Crippen LogP contribution is 2.02. The lowest BCUT2D eigenvalue weighted by molar-refractivity contribution is -0.141. The van der Waals surface area contributed by atoms with Gasteiger partial charge in [-0.2, -0.15) is 11.8 Å². The number of carboxylic acids is 1. The minimum absolute atomic E-state index is 0.0105. The smallest absolute Gasteiger partial charge is 0.326 e. The molecule has 0 radical (unpaired) electrons. The van der Waals surface area contributed by atoms with Gasteiger partial charge >= 0.3 is 5.97 Å². The van der Waals surface area contributed by atoms with Gasteiger partial charge in [0.25, 0.3) is 0 Å². The van der Waals surface area contributed by atoms with Gasteiger partial charge in [-0.1, -0.05) is 13.8 Å². The Balaban J connectivity index is 3.95. The van der Waals surface area contributed by atoms with Crippen LogP contribution >= 0.6 is 11.8 Å². The minimum Gasteiger partial charge on any atom is -0.480 e. The third-order valence-corrected chi connectivity index (χ3v) is 3.51. The third kappa shape index (κ3) is 11.1. The quantitative estimate of drug-likeness (QED) is 0.533. The van der Waals surface area contributed by atoms with Gasteiger partial charge in [-0.05, 0) is 30.8 Å². The second-order valence-corrected chi connectivity index (χ2v) is 6.26. The first kappa shape index (κ1) is 19.8. The van der Waals surface area contributed by atoms with Gasteiger partial charge in [-0.25, -0.2) is 4.79 Å². The van der Waals surface area contributed by atoms with Crippen LogP contribution in [0.1, 0.15) is 39.5 Å². The fourth-order valence-electron chi connectivity index (χ4n) is 1.58. The van der Waals surface area contributed by atoms with Crippen molar-refractivity contribution in [1.29, 1.82) is 0 Å². The zero-order chi connectivity index (χ0) is 16.3. The van der Waals surface area contributed by atoms with Crippen LogP contribution in [-0.4, -0.2) is 47.5 Å². The molecule has 0 saturated heterocycles. The average Bonchev–Trinajstić information content (AvgIpc) is 2.40. The highest BCUT2D eigenvalue weighted by molar-refractivity contribution is 7.98. The topological polar surface area (TPSA) is 95.5 Å². The molecule has 7 heteroatoms. The van der Waals surface area contributed by atoms with Crippen molar-refractivity contribution in [1.82, 2.24) is 10.6 Å². The summed E-state index contributed by atoms with van der Waals surface area (Å²) in [6, 6.07) is -0.881. The number of nitrogens with one attached hydrogen (secondary N) is 2. The Morgan fingerprint density at radius 2 is 1.71 bits per heavy atom. The van der Waals surface area contributed by atoms with Gasteiger partial charge in [0.2, 0.25) is 11.8 Å². The van der Waals surface area contributed by atoms with Crippen LogP contribution < -0.4 is 10.6 Å². The van der Waals surface area contributed by atoms with Crippen molar-refractivity contribution in [2.45, 2.75) is 45.6 Å². The normalized spacial score (nSPS) is 12.0. The van der Waals surface area contributed by atoms with Crippen molar-refractivity contribution in [3.63, 3.8) is 0 Å². The van der Waals surface area contributed by atoms with E-state index in [1.54, 1.807) is 0 Å². The van der Waals surface area contributed by atoms with Crippen LogP contribution in [0.4, 0.5) is 0 Å². The molecule has 122 valence electrons. The van der Waals surface area contributed by atoms with E-state index in [9.17, 15) is 14.4 Å². The van der Waals surface area contributed by atoms with Crippen molar-refractivity contribution < 1.29 is 19.5 Å². The summed E-state index contributed by atoms with van der Waals surface area (Å²) < 4.78 is 0. The van der Waals surface area contributed by atoms with E-state index in [-0.39, 0.29) is 18.7 Å². The Morgan fingerprint density at radius 1 is 1.10 bits per heavy atom. The van der Waals surface area contributed by atoms with E-state index in [2.05, 4.69) is 24.5 Å². The molecule has 0 aromatic heterocycles. The average molecular weight is 318 g/mol. The maximum absolute atomic E-state index is 11.6. The molecule has 0 aromatic carbocycles. The lowest BCUT2D eigenvalue weighted by Crippen LogP contribution is -2.41. The summed E-state index contributed by atoms with van der Waals surface area (Å²) in [5, 5.41) is 14.2. The van der Waals surface area contributed by atoms with Crippen LogP contribution in [0.3, 0.4) is 0 Å². The van der Waals surface area contributed by atoms with Crippen molar-refractivity contribution in [3.8, 4) is 0 Å². The maximum Gasteiger partial charge on any atom is 0.326 e. The van der Waals surface area contributed by atoms with E-state index in [4.69, 9.17) is 5.11 Å². The fourth-order valence-corrected chi connectivity index (χ4v) is 2.05. The summed E-state index contributed by atoms with van der Waals surface area (Å²) in [7, 11) is 0. The molecule has 0 bridgehead atoms. The van der Waals surface area contributed by atoms with Crippen molar-refractivity contribution in [3.05, 3.63) is 0 Å². The molecule has 6 nitrogen and oxygen atoms in total. The second kappa shape index (κ2) is 11.4. The first-order valence-electron chi connectivity index (χ1n) is 7.14. The molecule has 2 amide bonds. The van der Waals surface area contributed by atoms with Crippen molar-refractivity contribution >= 4 is 29.5 Å². The summed E-state index contributed by atoms with van der Waals surface area (Å²) >= 11 is 1.53. The molecule has 3 N–H and O–H groups in total. The molecule has 0 heterocycles. The highest BCUT2D eigenvalue weighted by atomic mass is 32.2. The van der Waals surface area contributed by atoms with Crippen LogP contribution in [0, 0.1) is 5.92 Å². The molecule has 0 fully saturated rings. The standard InChI is InChI=1S/C14H26N2O4S/c1-10(2)6-8-15-12(17)4-5-13(18)16-11(14(19)20)7-9-21-3/h10-11H,4-9H2,1-3H3,(H,15,17)(H,16,18)(H,19,20). The van der Waals surface area contributed by atoms with Crippen molar-refractivity contribution in [2.75, 3.05) is 18.6 Å². The third-order valence-electron chi connectivity index (χ3n) is 2.87. The molecular weight excluding hydrogens is 292 g/mol. The Kier molecular flexibility index (Phi) is 10.7. The first-order chi connectivity index (χ1) is 9.86. The molecule has 0 aliphatic rings. The minimum atomic E-state index is -1.04. The largest absolute Gasteiger partial charge is 0.480 e. The highest BCUT2D eigenvalue weighted by Gasteiger charge is 2.19. The summed E-state index contributed by atoms with van der Waals surface area (Å²) in [6.45, 7) is 4.74. The van der Waals surface area contributed by atoms with Crippen LogP contribution in [0.25, 0.3) is 0 Å². The number of amides is 2. The molecule has 0 aliphatic carbocycles. The van der Waals surface area contributed by atoms with E-state index in [1.807, 2.05) is 6.26 Å². The van der Waals surface area contributed by atoms with Crippen LogP contribution in [0.15, 0.2) is 0 Å². The van der Waals surface area contributed by atoms with Gasteiger partial charge in [0, 0.05) is 19.4 Å². The zero-order valence-electron chi connectivity index (χ0n) is 13.0. The van der Waals surface area contributed by atoms with Gasteiger partial charge in [-0.15, -0.1) is 0 Å². The lowest BCUT2D eigenvalue weighted by atomic mass is 10.1. The molecule has 0 aliphatic heterocycles. The summed E-state index contributed by atoms with van der Waals surface area (Å²) in [6.07, 6.45) is 3.24. The number of hydrogen-bond acceptors (Lipinski definition) is 4. The maximum atomic E-state index is 11.6. The molecule has 1 unspecified atom stereocenters. The molecule has 1 atom stereocenters. The second-order valence-electron chi connectivity index (χ2n) is 5.27. The number of carbonyl (C=O) groups excluding carboxylic acids is 2. The predicted molar refractivity (Wildman–Crippen MR) is 84.3 cm³/mol. The number of carbonyl (C=O) groups is 3. The Labute approximate surface area is 130 Å². The Hall–Kier alpha value is -1.24. The van der Waals surface area contributed by atoms with Gasteiger partial charge < -0.3 is 15.7 Å². The van der Waals surface area contributed by atoms with Gasteiger partial charge in [0.1, 0.15) is 6.04 Å².